The molecule has 126 valence electrons. The standard InChI is InChI=1S/C20H29NO2/c1-15(2)10-17(13-20(3,4)8-5-9-21)11-16-6-7-18-19(12-16)23-14-22-18/h6-7,12,15,17H,5,8,10-11,13-14H2,1-4H3. The number of fused-ring (bicyclic) bond motifs is 1. The van der Waals surface area contributed by atoms with Crippen molar-refractivity contribution in [1.82, 2.24) is 0 Å². The lowest BCUT2D eigenvalue weighted by molar-refractivity contribution is 0.174. The highest BCUT2D eigenvalue weighted by atomic mass is 16.7. The van der Waals surface area contributed by atoms with E-state index >= 15 is 0 Å². The first-order valence-corrected chi connectivity index (χ1v) is 8.65. The Morgan fingerprint density at radius 3 is 2.65 bits per heavy atom. The summed E-state index contributed by atoms with van der Waals surface area (Å²) in [6.45, 7) is 9.48. The van der Waals surface area contributed by atoms with E-state index < -0.39 is 0 Å². The zero-order valence-corrected chi connectivity index (χ0v) is 14.9. The first-order chi connectivity index (χ1) is 10.9. The molecule has 3 heteroatoms. The van der Waals surface area contributed by atoms with Crippen molar-refractivity contribution in [3.8, 4) is 17.6 Å². The molecule has 1 aromatic carbocycles. The van der Waals surface area contributed by atoms with Crippen LogP contribution in [-0.4, -0.2) is 6.79 Å². The fourth-order valence-corrected chi connectivity index (χ4v) is 3.58. The van der Waals surface area contributed by atoms with Crippen molar-refractivity contribution < 1.29 is 9.47 Å². The number of hydrogen-bond acceptors (Lipinski definition) is 3. The molecule has 1 heterocycles. The Morgan fingerprint density at radius 1 is 1.22 bits per heavy atom. The summed E-state index contributed by atoms with van der Waals surface area (Å²) in [4.78, 5) is 0. The molecule has 0 N–H and O–H groups in total. The van der Waals surface area contributed by atoms with E-state index in [0.29, 0.717) is 25.0 Å². The van der Waals surface area contributed by atoms with Gasteiger partial charge in [0.25, 0.3) is 0 Å². The predicted octanol–water partition coefficient (Wildman–Crippen LogP) is 5.34. The third-order valence-corrected chi connectivity index (χ3v) is 4.52. The number of hydrogen-bond donors (Lipinski definition) is 0. The minimum Gasteiger partial charge on any atom is -0.454 e. The van der Waals surface area contributed by atoms with Crippen LogP contribution in [0.25, 0.3) is 0 Å². The molecule has 1 aliphatic heterocycles. The lowest BCUT2D eigenvalue weighted by atomic mass is 9.75. The lowest BCUT2D eigenvalue weighted by Crippen LogP contribution is -2.20. The predicted molar refractivity (Wildman–Crippen MR) is 92.5 cm³/mol. The normalized spacial score (nSPS) is 14.8. The summed E-state index contributed by atoms with van der Waals surface area (Å²) in [7, 11) is 0. The summed E-state index contributed by atoms with van der Waals surface area (Å²) in [5.74, 6) is 3.03. The Kier molecular flexibility index (Phi) is 5.93. The molecule has 0 spiro atoms. The topological polar surface area (TPSA) is 42.2 Å². The smallest absolute Gasteiger partial charge is 0.231 e. The quantitative estimate of drug-likeness (QED) is 0.650. The highest BCUT2D eigenvalue weighted by Gasteiger charge is 2.24. The summed E-state index contributed by atoms with van der Waals surface area (Å²) >= 11 is 0. The van der Waals surface area contributed by atoms with E-state index in [9.17, 15) is 0 Å². The van der Waals surface area contributed by atoms with E-state index in [1.807, 2.05) is 6.07 Å². The van der Waals surface area contributed by atoms with Crippen molar-refractivity contribution in [3.05, 3.63) is 23.8 Å². The molecular weight excluding hydrogens is 286 g/mol. The fraction of sp³-hybridized carbons (Fsp3) is 0.650. The molecule has 0 saturated heterocycles. The maximum Gasteiger partial charge on any atom is 0.231 e. The number of ether oxygens (including phenoxy) is 2. The van der Waals surface area contributed by atoms with Crippen LogP contribution in [0.3, 0.4) is 0 Å². The molecule has 1 unspecified atom stereocenters. The highest BCUT2D eigenvalue weighted by molar-refractivity contribution is 5.44. The summed E-state index contributed by atoms with van der Waals surface area (Å²) in [6, 6.07) is 8.58. The number of rotatable bonds is 8. The average molecular weight is 315 g/mol. The molecule has 23 heavy (non-hydrogen) atoms. The highest BCUT2D eigenvalue weighted by Crippen LogP contribution is 2.37. The van der Waals surface area contributed by atoms with E-state index in [-0.39, 0.29) is 5.41 Å². The number of nitrogens with zero attached hydrogens (tertiary/aromatic N) is 1. The van der Waals surface area contributed by atoms with Crippen LogP contribution < -0.4 is 9.47 Å². The molecule has 1 atom stereocenters. The Bertz CT molecular complexity index is 557. The largest absolute Gasteiger partial charge is 0.454 e. The third-order valence-electron chi connectivity index (χ3n) is 4.52. The lowest BCUT2D eigenvalue weighted by Gasteiger charge is -2.30. The zero-order valence-electron chi connectivity index (χ0n) is 14.9. The Hall–Kier alpha value is -1.69. The fourth-order valence-electron chi connectivity index (χ4n) is 3.58. The van der Waals surface area contributed by atoms with Crippen LogP contribution in [0, 0.1) is 28.6 Å². The third kappa shape index (κ3) is 5.46. The van der Waals surface area contributed by atoms with Gasteiger partial charge in [-0.15, -0.1) is 0 Å². The van der Waals surface area contributed by atoms with Gasteiger partial charge in [0.05, 0.1) is 6.07 Å². The van der Waals surface area contributed by atoms with Gasteiger partial charge in [-0.2, -0.15) is 5.26 Å². The Balaban J connectivity index is 2.05. The second-order valence-electron chi connectivity index (χ2n) is 7.91. The van der Waals surface area contributed by atoms with Gasteiger partial charge in [-0.1, -0.05) is 33.8 Å². The van der Waals surface area contributed by atoms with Gasteiger partial charge in [0.2, 0.25) is 6.79 Å². The molecule has 0 aromatic heterocycles. The van der Waals surface area contributed by atoms with Gasteiger partial charge in [0.1, 0.15) is 0 Å². The van der Waals surface area contributed by atoms with Crippen LogP contribution in [0.5, 0.6) is 11.5 Å². The first kappa shape index (κ1) is 17.7. The minimum absolute atomic E-state index is 0.214. The van der Waals surface area contributed by atoms with Crippen LogP contribution in [0.1, 0.15) is 58.9 Å². The molecular formula is C20H29NO2. The van der Waals surface area contributed by atoms with Gasteiger partial charge in [-0.25, -0.2) is 0 Å². The van der Waals surface area contributed by atoms with E-state index in [1.54, 1.807) is 0 Å². The SMILES string of the molecule is CC(C)CC(Cc1ccc2c(c1)OCO2)CC(C)(C)CCC#N. The summed E-state index contributed by atoms with van der Waals surface area (Å²) in [5, 5.41) is 8.86. The van der Waals surface area contributed by atoms with Gasteiger partial charge in [0, 0.05) is 6.42 Å². The number of benzene rings is 1. The van der Waals surface area contributed by atoms with Crippen molar-refractivity contribution in [2.75, 3.05) is 6.79 Å². The molecule has 0 radical (unpaired) electrons. The van der Waals surface area contributed by atoms with Crippen molar-refractivity contribution in [1.29, 1.82) is 5.26 Å². The van der Waals surface area contributed by atoms with E-state index in [4.69, 9.17) is 14.7 Å². The first-order valence-electron chi connectivity index (χ1n) is 8.65. The van der Waals surface area contributed by atoms with E-state index in [0.717, 1.165) is 30.8 Å². The molecule has 2 rings (SSSR count). The average Bonchev–Trinajstić information content (AvgIpc) is 2.91. The maximum absolute atomic E-state index is 8.86. The van der Waals surface area contributed by atoms with Gasteiger partial charge in [-0.3, -0.25) is 0 Å². The maximum atomic E-state index is 8.86. The molecule has 0 amide bonds. The van der Waals surface area contributed by atoms with Crippen LogP contribution in [0.2, 0.25) is 0 Å². The second kappa shape index (κ2) is 7.73. The Morgan fingerprint density at radius 2 is 1.96 bits per heavy atom. The van der Waals surface area contributed by atoms with Gasteiger partial charge in [0.15, 0.2) is 11.5 Å². The zero-order chi connectivity index (χ0) is 16.9. The van der Waals surface area contributed by atoms with Crippen LogP contribution in [0.15, 0.2) is 18.2 Å². The summed E-state index contributed by atoms with van der Waals surface area (Å²) in [5.41, 5.74) is 1.53. The molecule has 0 aliphatic carbocycles. The molecule has 3 nitrogen and oxygen atoms in total. The monoisotopic (exact) mass is 315 g/mol. The van der Waals surface area contributed by atoms with Gasteiger partial charge >= 0.3 is 0 Å². The summed E-state index contributed by atoms with van der Waals surface area (Å²) in [6.07, 6.45) is 5.04. The van der Waals surface area contributed by atoms with E-state index in [2.05, 4.69) is 45.9 Å². The minimum atomic E-state index is 0.214. The van der Waals surface area contributed by atoms with Crippen molar-refractivity contribution in [2.24, 2.45) is 17.3 Å². The van der Waals surface area contributed by atoms with Gasteiger partial charge < -0.3 is 9.47 Å². The van der Waals surface area contributed by atoms with Crippen molar-refractivity contribution >= 4 is 0 Å². The Labute approximate surface area is 140 Å². The van der Waals surface area contributed by atoms with Crippen LogP contribution in [0.4, 0.5) is 0 Å². The summed E-state index contributed by atoms with van der Waals surface area (Å²) < 4.78 is 10.9. The molecule has 1 aliphatic rings. The molecule has 1 aromatic rings. The molecule has 0 bridgehead atoms. The van der Waals surface area contributed by atoms with Crippen LogP contribution in [-0.2, 0) is 6.42 Å². The van der Waals surface area contributed by atoms with Crippen molar-refractivity contribution in [3.63, 3.8) is 0 Å². The molecule has 0 fully saturated rings. The van der Waals surface area contributed by atoms with E-state index in [1.165, 1.54) is 12.0 Å². The van der Waals surface area contributed by atoms with Crippen LogP contribution >= 0.6 is 0 Å². The van der Waals surface area contributed by atoms with Crippen molar-refractivity contribution in [2.45, 2.75) is 59.8 Å². The van der Waals surface area contributed by atoms with Gasteiger partial charge in [-0.05, 0) is 60.6 Å². The second-order valence-corrected chi connectivity index (χ2v) is 7.91. The number of nitriles is 1. The molecule has 0 saturated carbocycles.